The van der Waals surface area contributed by atoms with Crippen molar-refractivity contribution in [1.29, 1.82) is 0 Å². The van der Waals surface area contributed by atoms with Gasteiger partial charge >= 0.3 is 0 Å². The molecule has 2 aromatic rings. The van der Waals surface area contributed by atoms with Gasteiger partial charge in [-0.25, -0.2) is 4.98 Å². The molecule has 1 amide bonds. The van der Waals surface area contributed by atoms with Crippen LogP contribution in [0.5, 0.6) is 5.75 Å². The molecule has 1 aliphatic heterocycles. The Labute approximate surface area is 153 Å². The first kappa shape index (κ1) is 17.9. The molecule has 0 radical (unpaired) electrons. The molecule has 0 aliphatic carbocycles. The fourth-order valence-corrected chi connectivity index (χ4v) is 3.88. The Morgan fingerprint density at radius 3 is 2.72 bits per heavy atom. The summed E-state index contributed by atoms with van der Waals surface area (Å²) >= 11 is 1.52. The largest absolute Gasteiger partial charge is 0.491 e. The summed E-state index contributed by atoms with van der Waals surface area (Å²) in [6.45, 7) is 7.97. The second-order valence-electron chi connectivity index (χ2n) is 7.06. The minimum absolute atomic E-state index is 0.0661. The Hall–Kier alpha value is -1.88. The summed E-state index contributed by atoms with van der Waals surface area (Å²) in [5.41, 5.74) is 1.58. The van der Waals surface area contributed by atoms with Gasteiger partial charge in [0.2, 0.25) is 0 Å². The zero-order valence-electron chi connectivity index (χ0n) is 15.2. The van der Waals surface area contributed by atoms with Crippen LogP contribution in [0.1, 0.15) is 50.5 Å². The number of amides is 1. The smallest absolute Gasteiger partial charge is 0.273 e. The fraction of sp³-hybridized carbons (Fsp3) is 0.500. The molecule has 1 aliphatic rings. The Bertz CT molecular complexity index is 709. The Morgan fingerprint density at radius 1 is 1.24 bits per heavy atom. The van der Waals surface area contributed by atoms with E-state index in [1.54, 1.807) is 0 Å². The van der Waals surface area contributed by atoms with E-state index in [0.29, 0.717) is 11.6 Å². The minimum Gasteiger partial charge on any atom is -0.491 e. The SMILES string of the molecule is CC1CCCN(C(=O)c2csc(-c3ccc(OC(C)C)cc3)n2)CC1. The number of benzene rings is 1. The molecule has 3 rings (SSSR count). The van der Waals surface area contributed by atoms with Crippen molar-refractivity contribution in [1.82, 2.24) is 9.88 Å². The van der Waals surface area contributed by atoms with Gasteiger partial charge in [0.25, 0.3) is 5.91 Å². The third-order valence-corrected chi connectivity index (χ3v) is 5.39. The van der Waals surface area contributed by atoms with Crippen LogP contribution in [0, 0.1) is 5.92 Å². The zero-order chi connectivity index (χ0) is 17.8. The highest BCUT2D eigenvalue weighted by Crippen LogP contribution is 2.27. The van der Waals surface area contributed by atoms with Gasteiger partial charge in [0.05, 0.1) is 6.10 Å². The fourth-order valence-electron chi connectivity index (χ4n) is 3.08. The van der Waals surface area contributed by atoms with E-state index in [-0.39, 0.29) is 12.0 Å². The van der Waals surface area contributed by atoms with Crippen LogP contribution in [0.3, 0.4) is 0 Å². The lowest BCUT2D eigenvalue weighted by Crippen LogP contribution is -2.32. The Kier molecular flexibility index (Phi) is 5.74. The van der Waals surface area contributed by atoms with Crippen molar-refractivity contribution < 1.29 is 9.53 Å². The number of ether oxygens (including phenoxy) is 1. The zero-order valence-corrected chi connectivity index (χ0v) is 16.0. The molecule has 1 unspecified atom stereocenters. The Morgan fingerprint density at radius 2 is 2.00 bits per heavy atom. The molecule has 0 spiro atoms. The van der Waals surface area contributed by atoms with E-state index in [0.717, 1.165) is 42.3 Å². The third-order valence-electron chi connectivity index (χ3n) is 4.50. The molecule has 0 bridgehead atoms. The molecule has 1 aromatic carbocycles. The van der Waals surface area contributed by atoms with Gasteiger partial charge in [0, 0.05) is 24.0 Å². The quantitative estimate of drug-likeness (QED) is 0.784. The van der Waals surface area contributed by atoms with Crippen LogP contribution >= 0.6 is 11.3 Å². The van der Waals surface area contributed by atoms with Gasteiger partial charge < -0.3 is 9.64 Å². The third kappa shape index (κ3) is 4.60. The summed E-state index contributed by atoms with van der Waals surface area (Å²) in [7, 11) is 0. The van der Waals surface area contributed by atoms with Gasteiger partial charge in [-0.1, -0.05) is 6.92 Å². The van der Waals surface area contributed by atoms with Crippen LogP contribution in [0.2, 0.25) is 0 Å². The van der Waals surface area contributed by atoms with Crippen LogP contribution in [-0.4, -0.2) is 35.0 Å². The first-order valence-corrected chi connectivity index (χ1v) is 9.93. The molecule has 0 saturated carbocycles. The predicted octanol–water partition coefficient (Wildman–Crippen LogP) is 4.86. The highest BCUT2D eigenvalue weighted by Gasteiger charge is 2.22. The molecule has 2 heterocycles. The normalized spacial score (nSPS) is 18.2. The first-order chi connectivity index (χ1) is 12.0. The van der Waals surface area contributed by atoms with E-state index < -0.39 is 0 Å². The van der Waals surface area contributed by atoms with Crippen molar-refractivity contribution in [2.75, 3.05) is 13.1 Å². The number of carbonyl (C=O) groups excluding carboxylic acids is 1. The van der Waals surface area contributed by atoms with Crippen molar-refractivity contribution in [2.24, 2.45) is 5.92 Å². The standard InChI is InChI=1S/C20H26N2O2S/c1-14(2)24-17-8-6-16(7-9-17)19-21-18(13-25-19)20(23)22-11-4-5-15(3)10-12-22/h6-9,13-15H,4-5,10-12H2,1-3H3. The molecule has 134 valence electrons. The molecule has 25 heavy (non-hydrogen) atoms. The molecule has 5 heteroatoms. The van der Waals surface area contributed by atoms with Gasteiger partial charge in [0.1, 0.15) is 16.5 Å². The second kappa shape index (κ2) is 8.00. The maximum atomic E-state index is 12.7. The van der Waals surface area contributed by atoms with E-state index in [2.05, 4.69) is 11.9 Å². The number of nitrogens with zero attached hydrogens (tertiary/aromatic N) is 2. The van der Waals surface area contributed by atoms with E-state index in [1.807, 2.05) is 48.4 Å². The highest BCUT2D eigenvalue weighted by molar-refractivity contribution is 7.13. The van der Waals surface area contributed by atoms with Crippen LogP contribution in [-0.2, 0) is 0 Å². The monoisotopic (exact) mass is 358 g/mol. The number of hydrogen-bond acceptors (Lipinski definition) is 4. The Balaban J connectivity index is 1.70. The van der Waals surface area contributed by atoms with E-state index in [1.165, 1.54) is 17.8 Å². The van der Waals surface area contributed by atoms with Crippen LogP contribution in [0.4, 0.5) is 0 Å². The molecule has 4 nitrogen and oxygen atoms in total. The summed E-state index contributed by atoms with van der Waals surface area (Å²) in [5.74, 6) is 1.62. The van der Waals surface area contributed by atoms with Crippen molar-refractivity contribution in [2.45, 2.75) is 46.1 Å². The van der Waals surface area contributed by atoms with Crippen LogP contribution in [0.25, 0.3) is 10.6 Å². The minimum atomic E-state index is 0.0661. The summed E-state index contributed by atoms with van der Waals surface area (Å²) in [5, 5.41) is 2.76. The van der Waals surface area contributed by atoms with Gasteiger partial charge in [-0.2, -0.15) is 0 Å². The summed E-state index contributed by atoms with van der Waals surface area (Å²) in [6, 6.07) is 7.90. The van der Waals surface area contributed by atoms with Gasteiger partial charge in [-0.15, -0.1) is 11.3 Å². The predicted molar refractivity (Wildman–Crippen MR) is 102 cm³/mol. The molecule has 1 atom stereocenters. The molecular weight excluding hydrogens is 332 g/mol. The summed E-state index contributed by atoms with van der Waals surface area (Å²) in [4.78, 5) is 19.3. The van der Waals surface area contributed by atoms with Crippen molar-refractivity contribution in [3.63, 3.8) is 0 Å². The van der Waals surface area contributed by atoms with Crippen LogP contribution in [0.15, 0.2) is 29.6 Å². The molecule has 0 N–H and O–H groups in total. The molecular formula is C20H26N2O2S. The van der Waals surface area contributed by atoms with Gasteiger partial charge in [-0.05, 0) is 63.3 Å². The summed E-state index contributed by atoms with van der Waals surface area (Å²) in [6.07, 6.45) is 3.53. The second-order valence-corrected chi connectivity index (χ2v) is 7.92. The number of likely N-dealkylation sites (tertiary alicyclic amines) is 1. The lowest BCUT2D eigenvalue weighted by molar-refractivity contribution is 0.0755. The number of rotatable bonds is 4. The van der Waals surface area contributed by atoms with E-state index in [4.69, 9.17) is 4.74 Å². The molecule has 1 saturated heterocycles. The van der Waals surface area contributed by atoms with E-state index in [9.17, 15) is 4.79 Å². The van der Waals surface area contributed by atoms with Gasteiger partial charge in [-0.3, -0.25) is 4.79 Å². The number of aromatic nitrogens is 1. The number of hydrogen-bond donors (Lipinski definition) is 0. The van der Waals surface area contributed by atoms with Crippen molar-refractivity contribution >= 4 is 17.2 Å². The number of carbonyl (C=O) groups is 1. The van der Waals surface area contributed by atoms with E-state index >= 15 is 0 Å². The average Bonchev–Trinajstić information content (AvgIpc) is 2.97. The van der Waals surface area contributed by atoms with Crippen LogP contribution < -0.4 is 4.74 Å². The lowest BCUT2D eigenvalue weighted by atomic mass is 10.0. The maximum absolute atomic E-state index is 12.7. The highest BCUT2D eigenvalue weighted by atomic mass is 32.1. The van der Waals surface area contributed by atoms with Crippen molar-refractivity contribution in [3.05, 3.63) is 35.3 Å². The average molecular weight is 359 g/mol. The van der Waals surface area contributed by atoms with Gasteiger partial charge in [0.15, 0.2) is 0 Å². The molecule has 1 fully saturated rings. The first-order valence-electron chi connectivity index (χ1n) is 9.05. The van der Waals surface area contributed by atoms with Crippen molar-refractivity contribution in [3.8, 4) is 16.3 Å². The number of thiazole rings is 1. The summed E-state index contributed by atoms with van der Waals surface area (Å²) < 4.78 is 5.67. The molecule has 1 aromatic heterocycles. The lowest BCUT2D eigenvalue weighted by Gasteiger charge is -2.19. The maximum Gasteiger partial charge on any atom is 0.273 e. The topological polar surface area (TPSA) is 42.4 Å².